The van der Waals surface area contributed by atoms with Crippen LogP contribution < -0.4 is 0 Å². The van der Waals surface area contributed by atoms with Gasteiger partial charge in [0.25, 0.3) is 0 Å². The number of pyridine rings is 3. The van der Waals surface area contributed by atoms with E-state index in [4.69, 9.17) is 0 Å². The van der Waals surface area contributed by atoms with Gasteiger partial charge >= 0.3 is 20.1 Å². The van der Waals surface area contributed by atoms with E-state index in [0.29, 0.717) is 5.92 Å². The number of hydrogen-bond acceptors (Lipinski definition) is 3. The fourth-order valence-electron chi connectivity index (χ4n) is 4.21. The van der Waals surface area contributed by atoms with Gasteiger partial charge in [-0.05, 0) is 61.5 Å². The van der Waals surface area contributed by atoms with Crippen LogP contribution in [0.25, 0.3) is 33.8 Å². The first-order valence-electron chi connectivity index (χ1n) is 14.2. The largest absolute Gasteiger partial charge is 3.00 e. The Morgan fingerprint density at radius 1 is 0.488 bits per heavy atom. The van der Waals surface area contributed by atoms with Gasteiger partial charge in [-0.2, -0.15) is 0 Å². The van der Waals surface area contributed by atoms with Crippen molar-refractivity contribution in [1.82, 2.24) is 15.0 Å². The smallest absolute Gasteiger partial charge is 0.302 e. The van der Waals surface area contributed by atoms with Crippen LogP contribution in [0.1, 0.15) is 30.9 Å². The van der Waals surface area contributed by atoms with Gasteiger partial charge in [-0.3, -0.25) is 0 Å². The predicted molar refractivity (Wildman–Crippen MR) is 174 cm³/mol. The fourth-order valence-corrected chi connectivity index (χ4v) is 4.21. The van der Waals surface area contributed by atoms with Crippen LogP contribution in [0.5, 0.6) is 0 Å². The molecule has 0 aliphatic carbocycles. The van der Waals surface area contributed by atoms with E-state index in [2.05, 4.69) is 59.1 Å². The molecule has 3 aromatic carbocycles. The molecule has 3 nitrogen and oxygen atoms in total. The monoisotopic (exact) mass is 739 g/mol. The summed E-state index contributed by atoms with van der Waals surface area (Å²) in [5.74, 6) is 0.641. The van der Waals surface area contributed by atoms with E-state index >= 15 is 0 Å². The van der Waals surface area contributed by atoms with Crippen molar-refractivity contribution in [3.8, 4) is 33.8 Å². The summed E-state index contributed by atoms with van der Waals surface area (Å²) in [6.07, 6.45) is 1.03. The minimum Gasteiger partial charge on any atom is -0.302 e. The van der Waals surface area contributed by atoms with E-state index in [0.717, 1.165) is 57.3 Å². The van der Waals surface area contributed by atoms with E-state index in [1.165, 1.54) is 0 Å². The molecule has 0 amide bonds. The summed E-state index contributed by atoms with van der Waals surface area (Å²) in [6.45, 7) is 8.41. The predicted octanol–water partition coefficient (Wildman–Crippen LogP) is 9.46. The molecule has 0 unspecified atom stereocenters. The van der Waals surface area contributed by atoms with Gasteiger partial charge in [0, 0.05) is 17.1 Å². The Balaban J connectivity index is 0.000000176. The summed E-state index contributed by atoms with van der Waals surface area (Å²) in [5, 5.41) is 0. The second-order valence-corrected chi connectivity index (χ2v) is 10.3. The van der Waals surface area contributed by atoms with E-state index in [1.54, 1.807) is 0 Å². The Labute approximate surface area is 270 Å². The molecule has 0 saturated heterocycles. The van der Waals surface area contributed by atoms with Crippen LogP contribution >= 0.6 is 0 Å². The zero-order valence-electron chi connectivity index (χ0n) is 25.1. The van der Waals surface area contributed by atoms with Gasteiger partial charge in [0.15, 0.2) is 0 Å². The molecule has 216 valence electrons. The first kappa shape index (κ1) is 33.3. The van der Waals surface area contributed by atoms with Crippen LogP contribution in [0.2, 0.25) is 0 Å². The maximum atomic E-state index is 4.65. The number of nitrogens with zero attached hydrogens (tertiary/aromatic N) is 3. The molecular formula is C39H36IrN3. The molecule has 3 aromatic heterocycles. The third-order valence-corrected chi connectivity index (χ3v) is 6.16. The normalized spacial score (nSPS) is 9.98. The molecule has 0 aliphatic heterocycles. The molecular weight excluding hydrogens is 703 g/mol. The average molecular weight is 739 g/mol. The molecule has 0 bridgehead atoms. The van der Waals surface area contributed by atoms with Crippen LogP contribution in [-0.2, 0) is 26.5 Å². The molecule has 0 aliphatic rings. The summed E-state index contributed by atoms with van der Waals surface area (Å²) in [5.41, 5.74) is 9.37. The maximum absolute atomic E-state index is 4.65. The Hall–Kier alpha value is -4.24. The zero-order chi connectivity index (χ0) is 29.6. The zero-order valence-corrected chi connectivity index (χ0v) is 27.5. The first-order valence-corrected chi connectivity index (χ1v) is 14.2. The number of hydrogen-bond donors (Lipinski definition) is 0. The number of rotatable bonds is 5. The van der Waals surface area contributed by atoms with E-state index in [9.17, 15) is 0 Å². The van der Waals surface area contributed by atoms with Crippen molar-refractivity contribution < 1.29 is 20.1 Å². The molecule has 0 N–H and O–H groups in total. The van der Waals surface area contributed by atoms with Gasteiger partial charge < -0.3 is 15.0 Å². The van der Waals surface area contributed by atoms with Crippen LogP contribution in [0.3, 0.4) is 0 Å². The Kier molecular flexibility index (Phi) is 13.7. The van der Waals surface area contributed by atoms with Crippen molar-refractivity contribution in [3.05, 3.63) is 163 Å². The van der Waals surface area contributed by atoms with Crippen molar-refractivity contribution in [2.75, 3.05) is 0 Å². The molecule has 0 radical (unpaired) electrons. The van der Waals surface area contributed by atoms with Crippen molar-refractivity contribution in [2.24, 2.45) is 5.92 Å². The summed E-state index contributed by atoms with van der Waals surface area (Å²) >= 11 is 0. The topological polar surface area (TPSA) is 38.7 Å². The van der Waals surface area contributed by atoms with E-state index in [1.807, 2.05) is 129 Å². The van der Waals surface area contributed by atoms with E-state index in [-0.39, 0.29) is 20.1 Å². The van der Waals surface area contributed by atoms with Crippen molar-refractivity contribution in [1.29, 1.82) is 0 Å². The van der Waals surface area contributed by atoms with Crippen molar-refractivity contribution in [3.63, 3.8) is 0 Å². The fraction of sp³-hybridized carbons (Fsp3) is 0.154. The Morgan fingerprint density at radius 2 is 0.884 bits per heavy atom. The van der Waals surface area contributed by atoms with Gasteiger partial charge in [0.05, 0.1) is 0 Å². The standard InChI is InChI=1S/C15H16N.2C12H10N.Ir/c1-12(2)11-14-9-6-10-15(16-14)13-7-4-3-5-8-13;2*1-10-6-5-9-12(13-10)11-7-3-2-4-8-11;/h3-7,9-10,12H,11H2,1-2H3;2*2-7,9H,1H3;/q3*-1;+3. The Morgan fingerprint density at radius 3 is 1.23 bits per heavy atom. The van der Waals surface area contributed by atoms with Gasteiger partial charge in [-0.15, -0.1) is 108 Å². The van der Waals surface area contributed by atoms with Crippen molar-refractivity contribution in [2.45, 2.75) is 34.1 Å². The average Bonchev–Trinajstić information content (AvgIpc) is 3.03. The molecule has 4 heteroatoms. The van der Waals surface area contributed by atoms with Gasteiger partial charge in [0.1, 0.15) is 0 Å². The molecule has 43 heavy (non-hydrogen) atoms. The van der Waals surface area contributed by atoms with Crippen molar-refractivity contribution >= 4 is 0 Å². The van der Waals surface area contributed by atoms with Gasteiger partial charge in [0.2, 0.25) is 0 Å². The number of aryl methyl sites for hydroxylation is 2. The molecule has 0 atom stereocenters. The minimum atomic E-state index is 0. The number of aromatic nitrogens is 3. The second-order valence-electron chi connectivity index (χ2n) is 10.3. The third kappa shape index (κ3) is 11.2. The van der Waals surface area contributed by atoms with Gasteiger partial charge in [-0.1, -0.05) is 50.2 Å². The van der Waals surface area contributed by atoms with Gasteiger partial charge in [-0.25, -0.2) is 0 Å². The molecule has 0 fully saturated rings. The Bertz CT molecular complexity index is 1560. The first-order chi connectivity index (χ1) is 20.5. The summed E-state index contributed by atoms with van der Waals surface area (Å²) in [6, 6.07) is 51.4. The molecule has 6 aromatic rings. The van der Waals surface area contributed by atoms with E-state index < -0.39 is 0 Å². The summed E-state index contributed by atoms with van der Waals surface area (Å²) in [4.78, 5) is 13.5. The maximum Gasteiger partial charge on any atom is 3.00 e. The van der Waals surface area contributed by atoms with Crippen LogP contribution in [0.15, 0.2) is 127 Å². The summed E-state index contributed by atoms with van der Waals surface area (Å²) in [7, 11) is 0. The SMILES string of the molecule is CC(C)Cc1cccc(-c2[c-]cccc2)n1.Cc1cccc(-c2[c-]cccc2)n1.Cc1cccc(-c2[c-]cccc2)n1.[Ir+3]. The molecule has 3 heterocycles. The third-order valence-electron chi connectivity index (χ3n) is 6.16. The van der Waals surface area contributed by atoms with Crippen LogP contribution in [0.4, 0.5) is 0 Å². The molecule has 0 saturated carbocycles. The molecule has 6 rings (SSSR count). The molecule has 0 spiro atoms. The second kappa shape index (κ2) is 17.7. The quantitative estimate of drug-likeness (QED) is 0.166. The van der Waals surface area contributed by atoms with Crippen LogP contribution in [-0.4, -0.2) is 15.0 Å². The summed E-state index contributed by atoms with van der Waals surface area (Å²) < 4.78 is 0. The van der Waals surface area contributed by atoms with Crippen LogP contribution in [0, 0.1) is 38.0 Å². The minimum absolute atomic E-state index is 0. The number of benzene rings is 3.